The number of rotatable bonds is 4. The third kappa shape index (κ3) is 2.96. The lowest BCUT2D eigenvalue weighted by atomic mass is 9.82. The molecule has 5 nitrogen and oxygen atoms in total. The smallest absolute Gasteiger partial charge is 0.338 e. The van der Waals surface area contributed by atoms with Crippen LogP contribution in [0.15, 0.2) is 60.2 Å². The Bertz CT molecular complexity index is 1070. The Balaban J connectivity index is 1.28. The quantitative estimate of drug-likeness (QED) is 0.417. The summed E-state index contributed by atoms with van der Waals surface area (Å²) in [5, 5.41) is 0.620. The van der Waals surface area contributed by atoms with Crippen molar-refractivity contribution < 1.29 is 19.1 Å². The zero-order valence-corrected chi connectivity index (χ0v) is 17.1. The zero-order chi connectivity index (χ0) is 21.0. The van der Waals surface area contributed by atoms with Crippen molar-refractivity contribution in [3.63, 3.8) is 0 Å². The molecule has 1 heterocycles. The molecule has 0 N–H and O–H groups in total. The molecule has 6 heteroatoms. The number of allylic oxidation sites excluding steroid dienone is 2. The number of hydrogen-bond acceptors (Lipinski definition) is 4. The van der Waals surface area contributed by atoms with Crippen LogP contribution in [0.25, 0.3) is 0 Å². The second-order valence-corrected chi connectivity index (χ2v) is 8.67. The number of carbonyl (C=O) groups is 3. The summed E-state index contributed by atoms with van der Waals surface area (Å²) in [5.41, 5.74) is 2.93. The molecular formula is C24H20ClNO4. The summed E-state index contributed by atoms with van der Waals surface area (Å²) >= 11 is 5.85. The molecule has 152 valence electrons. The van der Waals surface area contributed by atoms with Crippen molar-refractivity contribution in [1.29, 1.82) is 0 Å². The number of benzene rings is 2. The third-order valence-corrected chi connectivity index (χ3v) is 6.78. The maximum absolute atomic E-state index is 13.0. The number of nitrogens with zero attached hydrogens (tertiary/aromatic N) is 1. The molecule has 0 radical (unpaired) electrons. The lowest BCUT2D eigenvalue weighted by molar-refractivity contribution is -0.123. The number of carbonyl (C=O) groups excluding carboxylic acids is 3. The van der Waals surface area contributed by atoms with Crippen LogP contribution in [0.3, 0.4) is 0 Å². The van der Waals surface area contributed by atoms with Gasteiger partial charge in [-0.15, -0.1) is 0 Å². The predicted octanol–water partition coefficient (Wildman–Crippen LogP) is 4.40. The van der Waals surface area contributed by atoms with E-state index < -0.39 is 5.97 Å². The standard InChI is InChI=1S/C24H20ClNO4/c1-13-10-16-11-19(13)21-20(16)22(27)26(23(21)28)18-8-4-15(5-9-18)24(29)30-12-14-2-6-17(25)7-3-14/h2-10,16,19-21H,11-12H2,1H3/t16-,19-,20+,21+/m1/s1. The maximum Gasteiger partial charge on any atom is 0.338 e. The van der Waals surface area contributed by atoms with Crippen LogP contribution in [0.4, 0.5) is 5.69 Å². The topological polar surface area (TPSA) is 63.7 Å². The summed E-state index contributed by atoms with van der Waals surface area (Å²) < 4.78 is 5.33. The van der Waals surface area contributed by atoms with Gasteiger partial charge in [-0.05, 0) is 67.1 Å². The molecular weight excluding hydrogens is 402 g/mol. The van der Waals surface area contributed by atoms with E-state index in [0.29, 0.717) is 16.3 Å². The zero-order valence-electron chi connectivity index (χ0n) is 16.4. The minimum Gasteiger partial charge on any atom is -0.457 e. The van der Waals surface area contributed by atoms with Crippen LogP contribution in [0.1, 0.15) is 29.3 Å². The highest BCUT2D eigenvalue weighted by Gasteiger charge is 2.60. The van der Waals surface area contributed by atoms with E-state index in [1.807, 2.05) is 6.92 Å². The number of hydrogen-bond donors (Lipinski definition) is 0. The molecule has 1 saturated carbocycles. The molecule has 4 atom stereocenters. The van der Waals surface area contributed by atoms with Crippen molar-refractivity contribution in [2.45, 2.75) is 20.0 Å². The summed E-state index contributed by atoms with van der Waals surface area (Å²) in [4.78, 5) is 39.6. The summed E-state index contributed by atoms with van der Waals surface area (Å²) in [6.45, 7) is 2.19. The molecule has 2 amide bonds. The Kier molecular flexibility index (Phi) is 4.51. The van der Waals surface area contributed by atoms with E-state index in [2.05, 4.69) is 6.08 Å². The van der Waals surface area contributed by atoms with Crippen LogP contribution in [-0.2, 0) is 20.9 Å². The average Bonchev–Trinajstić information content (AvgIpc) is 3.38. The molecule has 2 fully saturated rings. The van der Waals surface area contributed by atoms with Gasteiger partial charge in [-0.2, -0.15) is 0 Å². The van der Waals surface area contributed by atoms with Crippen LogP contribution in [0, 0.1) is 23.7 Å². The van der Waals surface area contributed by atoms with E-state index in [9.17, 15) is 14.4 Å². The van der Waals surface area contributed by atoms with Crippen LogP contribution in [-0.4, -0.2) is 17.8 Å². The first-order chi connectivity index (χ1) is 14.4. The van der Waals surface area contributed by atoms with Gasteiger partial charge >= 0.3 is 5.97 Å². The molecule has 3 aliphatic rings. The molecule has 30 heavy (non-hydrogen) atoms. The van der Waals surface area contributed by atoms with Gasteiger partial charge in [0.25, 0.3) is 0 Å². The largest absolute Gasteiger partial charge is 0.457 e. The first kappa shape index (κ1) is 19.1. The van der Waals surface area contributed by atoms with E-state index in [-0.39, 0.29) is 42.1 Å². The van der Waals surface area contributed by atoms with Crippen LogP contribution in [0.2, 0.25) is 5.02 Å². The lowest BCUT2D eigenvalue weighted by Gasteiger charge is -2.19. The van der Waals surface area contributed by atoms with Gasteiger partial charge in [-0.1, -0.05) is 35.4 Å². The Morgan fingerprint density at radius 2 is 1.70 bits per heavy atom. The Morgan fingerprint density at radius 1 is 1.03 bits per heavy atom. The van der Waals surface area contributed by atoms with Crippen molar-refractivity contribution in [1.82, 2.24) is 0 Å². The number of esters is 1. The second kappa shape index (κ2) is 7.10. The third-order valence-electron chi connectivity index (χ3n) is 6.53. The summed E-state index contributed by atoms with van der Waals surface area (Å²) in [6, 6.07) is 13.5. The molecule has 0 aromatic heterocycles. The predicted molar refractivity (Wildman–Crippen MR) is 112 cm³/mol. The Labute approximate surface area is 179 Å². The molecule has 1 saturated heterocycles. The Hall–Kier alpha value is -2.92. The fourth-order valence-electron chi connectivity index (χ4n) is 5.09. The number of halogens is 1. The molecule has 0 spiro atoms. The first-order valence-electron chi connectivity index (χ1n) is 10.0. The second-order valence-electron chi connectivity index (χ2n) is 8.23. The lowest BCUT2D eigenvalue weighted by Crippen LogP contribution is -2.32. The van der Waals surface area contributed by atoms with Gasteiger partial charge in [-0.25, -0.2) is 4.79 Å². The fourth-order valence-corrected chi connectivity index (χ4v) is 5.21. The number of anilines is 1. The van der Waals surface area contributed by atoms with Gasteiger partial charge in [0.15, 0.2) is 0 Å². The van der Waals surface area contributed by atoms with Gasteiger partial charge in [0.2, 0.25) is 11.8 Å². The van der Waals surface area contributed by atoms with Gasteiger partial charge in [0, 0.05) is 5.02 Å². The van der Waals surface area contributed by atoms with Crippen LogP contribution >= 0.6 is 11.6 Å². The van der Waals surface area contributed by atoms with Crippen LogP contribution in [0.5, 0.6) is 0 Å². The van der Waals surface area contributed by atoms with Gasteiger partial charge < -0.3 is 4.74 Å². The number of ether oxygens (including phenoxy) is 1. The molecule has 0 unspecified atom stereocenters. The monoisotopic (exact) mass is 421 g/mol. The SMILES string of the molecule is CC1=C[C@@H]2C[C@H]1[C@@H]1C(=O)N(c3ccc(C(=O)OCc4ccc(Cl)cc4)cc3)C(=O)[C@H]12. The van der Waals surface area contributed by atoms with Crippen molar-refractivity contribution in [2.75, 3.05) is 4.90 Å². The number of fused-ring (bicyclic) bond motifs is 5. The molecule has 1 aliphatic heterocycles. The summed E-state index contributed by atoms with van der Waals surface area (Å²) in [5.74, 6) is -0.841. The molecule has 2 aromatic rings. The van der Waals surface area contributed by atoms with Crippen LogP contribution < -0.4 is 4.90 Å². The average molecular weight is 422 g/mol. The molecule has 2 bridgehead atoms. The van der Waals surface area contributed by atoms with Gasteiger partial charge in [-0.3, -0.25) is 14.5 Å². The van der Waals surface area contributed by atoms with Crippen molar-refractivity contribution >= 4 is 35.1 Å². The highest BCUT2D eigenvalue weighted by Crippen LogP contribution is 2.55. The minimum atomic E-state index is -0.467. The normalized spacial score (nSPS) is 26.7. The van der Waals surface area contributed by atoms with Gasteiger partial charge in [0.1, 0.15) is 6.61 Å². The van der Waals surface area contributed by atoms with E-state index in [1.165, 1.54) is 10.5 Å². The first-order valence-corrected chi connectivity index (χ1v) is 10.4. The highest BCUT2D eigenvalue weighted by molar-refractivity contribution is 6.30. The van der Waals surface area contributed by atoms with Crippen molar-refractivity contribution in [3.05, 3.63) is 76.3 Å². The highest BCUT2D eigenvalue weighted by atomic mass is 35.5. The Morgan fingerprint density at radius 3 is 2.40 bits per heavy atom. The summed E-state index contributed by atoms with van der Waals surface area (Å²) in [6.07, 6.45) is 3.06. The fraction of sp³-hybridized carbons (Fsp3) is 0.292. The molecule has 5 rings (SSSR count). The van der Waals surface area contributed by atoms with Gasteiger partial charge in [0.05, 0.1) is 23.1 Å². The van der Waals surface area contributed by atoms with E-state index in [1.54, 1.807) is 48.5 Å². The van der Waals surface area contributed by atoms with E-state index in [0.717, 1.165) is 12.0 Å². The number of amides is 2. The minimum absolute atomic E-state index is 0.122. The van der Waals surface area contributed by atoms with E-state index in [4.69, 9.17) is 16.3 Å². The van der Waals surface area contributed by atoms with Crippen molar-refractivity contribution in [2.24, 2.45) is 23.7 Å². The molecule has 2 aliphatic carbocycles. The van der Waals surface area contributed by atoms with Crippen molar-refractivity contribution in [3.8, 4) is 0 Å². The molecule has 2 aromatic carbocycles. The number of imide groups is 1. The summed E-state index contributed by atoms with van der Waals surface area (Å²) in [7, 11) is 0. The van der Waals surface area contributed by atoms with E-state index >= 15 is 0 Å². The maximum atomic E-state index is 13.0.